The normalized spacial score (nSPS) is 11.5. The molecule has 0 bridgehead atoms. The number of aromatic nitrogens is 3. The lowest BCUT2D eigenvalue weighted by molar-refractivity contribution is 0.598. The molecule has 0 spiro atoms. The Morgan fingerprint density at radius 1 is 1.08 bits per heavy atom. The van der Waals surface area contributed by atoms with Gasteiger partial charge in [-0.05, 0) is 42.3 Å². The number of benzene rings is 1. The molecule has 2 aromatic heterocycles. The average molecular weight is 376 g/mol. The van der Waals surface area contributed by atoms with E-state index in [-0.39, 0.29) is 15.9 Å². The summed E-state index contributed by atoms with van der Waals surface area (Å²) in [4.78, 5) is 11.9. The Kier molecular flexibility index (Phi) is 4.42. The molecule has 0 radical (unpaired) electrons. The summed E-state index contributed by atoms with van der Waals surface area (Å²) in [6.07, 6.45) is 4.71. The van der Waals surface area contributed by atoms with E-state index in [1.807, 2.05) is 0 Å². The number of nitrogens with two attached hydrogens (primary N) is 2. The first-order chi connectivity index (χ1) is 11.8. The zero-order valence-corrected chi connectivity index (χ0v) is 14.7. The summed E-state index contributed by atoms with van der Waals surface area (Å²) in [5, 5.41) is 5.39. The van der Waals surface area contributed by atoms with Crippen LogP contribution in [0, 0.1) is 6.92 Å². The van der Waals surface area contributed by atoms with Gasteiger partial charge in [-0.2, -0.15) is 0 Å². The van der Waals surface area contributed by atoms with Crippen molar-refractivity contribution in [2.45, 2.75) is 11.8 Å². The number of rotatable bonds is 3. The maximum Gasteiger partial charge on any atom is 0.239 e. The number of hydrogen-bond acceptors (Lipinski definition) is 6. The third kappa shape index (κ3) is 3.46. The number of sulfonamides is 1. The first-order valence-corrected chi connectivity index (χ1v) is 9.06. The highest BCUT2D eigenvalue weighted by molar-refractivity contribution is 7.89. The van der Waals surface area contributed by atoms with Gasteiger partial charge in [-0.1, -0.05) is 11.6 Å². The number of nitrogens with zero attached hydrogens (tertiary/aromatic N) is 3. The van der Waals surface area contributed by atoms with Gasteiger partial charge in [0.2, 0.25) is 16.0 Å². The van der Waals surface area contributed by atoms with E-state index in [0.29, 0.717) is 27.9 Å². The molecule has 0 aliphatic rings. The summed E-state index contributed by atoms with van der Waals surface area (Å²) in [6, 6.07) is 6.62. The van der Waals surface area contributed by atoms with Gasteiger partial charge in [-0.15, -0.1) is 0 Å². The van der Waals surface area contributed by atoms with E-state index in [1.54, 1.807) is 37.5 Å². The molecular formula is C16H14ClN5O2S. The van der Waals surface area contributed by atoms with Crippen LogP contribution >= 0.6 is 11.6 Å². The van der Waals surface area contributed by atoms with E-state index in [0.717, 1.165) is 0 Å². The molecular weight excluding hydrogens is 362 g/mol. The van der Waals surface area contributed by atoms with Gasteiger partial charge in [-0.25, -0.2) is 23.5 Å². The molecule has 25 heavy (non-hydrogen) atoms. The fraction of sp³-hybridized carbons (Fsp3) is 0.0625. The third-order valence-electron chi connectivity index (χ3n) is 3.65. The minimum Gasteiger partial charge on any atom is -0.368 e. The van der Waals surface area contributed by atoms with Crippen molar-refractivity contribution in [3.05, 3.63) is 53.6 Å². The van der Waals surface area contributed by atoms with Crippen LogP contribution in [0.2, 0.25) is 5.02 Å². The van der Waals surface area contributed by atoms with E-state index in [4.69, 9.17) is 22.5 Å². The molecule has 0 saturated heterocycles. The van der Waals surface area contributed by atoms with Crippen molar-refractivity contribution >= 4 is 27.6 Å². The lowest BCUT2D eigenvalue weighted by Crippen LogP contribution is -2.13. The lowest BCUT2D eigenvalue weighted by Gasteiger charge is -2.13. The number of aryl methyl sites for hydroxylation is 1. The van der Waals surface area contributed by atoms with Gasteiger partial charge in [0.1, 0.15) is 4.90 Å². The lowest BCUT2D eigenvalue weighted by atomic mass is 9.99. The van der Waals surface area contributed by atoms with Gasteiger partial charge in [0.15, 0.2) is 0 Å². The van der Waals surface area contributed by atoms with Gasteiger partial charge >= 0.3 is 0 Å². The highest BCUT2D eigenvalue weighted by atomic mass is 35.5. The number of halogens is 1. The Bertz CT molecular complexity index is 1060. The second-order valence-electron chi connectivity index (χ2n) is 5.34. The highest BCUT2D eigenvalue weighted by Gasteiger charge is 2.20. The molecule has 4 N–H and O–H groups in total. The highest BCUT2D eigenvalue weighted by Crippen LogP contribution is 2.37. The molecule has 7 nitrogen and oxygen atoms in total. The van der Waals surface area contributed by atoms with Crippen molar-refractivity contribution in [3.63, 3.8) is 0 Å². The van der Waals surface area contributed by atoms with Crippen LogP contribution in [0.3, 0.4) is 0 Å². The Hall–Kier alpha value is -2.55. The smallest absolute Gasteiger partial charge is 0.239 e. The minimum absolute atomic E-state index is 0.0477. The number of primary sulfonamides is 1. The third-order valence-corrected chi connectivity index (χ3v) is 5.10. The van der Waals surface area contributed by atoms with Crippen LogP contribution in [-0.2, 0) is 10.0 Å². The summed E-state index contributed by atoms with van der Waals surface area (Å²) in [5.74, 6) is 0.135. The Balaban J connectivity index is 2.34. The van der Waals surface area contributed by atoms with E-state index in [9.17, 15) is 8.42 Å². The maximum absolute atomic E-state index is 12.0. The van der Waals surface area contributed by atoms with Crippen LogP contribution in [-0.4, -0.2) is 23.4 Å². The van der Waals surface area contributed by atoms with Crippen LogP contribution < -0.4 is 10.9 Å². The minimum atomic E-state index is -4.03. The predicted molar refractivity (Wildman–Crippen MR) is 96.2 cm³/mol. The summed E-state index contributed by atoms with van der Waals surface area (Å²) in [5.41, 5.74) is 8.61. The average Bonchev–Trinajstić information content (AvgIpc) is 2.55. The van der Waals surface area contributed by atoms with Crippen LogP contribution in [0.5, 0.6) is 0 Å². The molecule has 0 atom stereocenters. The molecule has 0 saturated carbocycles. The molecule has 0 unspecified atom stereocenters. The van der Waals surface area contributed by atoms with E-state index in [1.165, 1.54) is 12.3 Å². The predicted octanol–water partition coefficient (Wildman–Crippen LogP) is 2.40. The number of anilines is 1. The summed E-state index contributed by atoms with van der Waals surface area (Å²) in [7, 11) is -4.03. The van der Waals surface area contributed by atoms with Crippen LogP contribution in [0.1, 0.15) is 5.69 Å². The van der Waals surface area contributed by atoms with Crippen molar-refractivity contribution < 1.29 is 8.42 Å². The van der Waals surface area contributed by atoms with E-state index in [2.05, 4.69) is 15.0 Å². The van der Waals surface area contributed by atoms with Gasteiger partial charge in [0.25, 0.3) is 0 Å². The second kappa shape index (κ2) is 6.40. The Morgan fingerprint density at radius 2 is 1.76 bits per heavy atom. The summed E-state index contributed by atoms with van der Waals surface area (Å²) < 4.78 is 24.0. The maximum atomic E-state index is 12.0. The zero-order valence-electron chi connectivity index (χ0n) is 13.1. The molecule has 3 rings (SSSR count). The molecule has 0 aliphatic heterocycles. The molecule has 0 aliphatic carbocycles. The first kappa shape index (κ1) is 17.3. The van der Waals surface area contributed by atoms with Crippen molar-refractivity contribution in [1.29, 1.82) is 0 Å². The molecule has 2 heterocycles. The monoisotopic (exact) mass is 375 g/mol. The van der Waals surface area contributed by atoms with E-state index < -0.39 is 10.0 Å². The Labute approximate surface area is 149 Å². The zero-order chi connectivity index (χ0) is 18.2. The van der Waals surface area contributed by atoms with Crippen molar-refractivity contribution in [2.24, 2.45) is 5.14 Å². The Morgan fingerprint density at radius 3 is 2.36 bits per heavy atom. The van der Waals surface area contributed by atoms with E-state index >= 15 is 0 Å². The van der Waals surface area contributed by atoms with Gasteiger partial charge < -0.3 is 5.73 Å². The number of pyridine rings is 1. The van der Waals surface area contributed by atoms with Gasteiger partial charge in [-0.3, -0.25) is 4.98 Å². The van der Waals surface area contributed by atoms with Crippen LogP contribution in [0.25, 0.3) is 22.3 Å². The van der Waals surface area contributed by atoms with Gasteiger partial charge in [0, 0.05) is 29.7 Å². The second-order valence-corrected chi connectivity index (χ2v) is 7.25. The topological polar surface area (TPSA) is 125 Å². The van der Waals surface area contributed by atoms with Crippen molar-refractivity contribution in [1.82, 2.24) is 15.0 Å². The van der Waals surface area contributed by atoms with Crippen molar-refractivity contribution in [3.8, 4) is 22.3 Å². The van der Waals surface area contributed by atoms with Crippen molar-refractivity contribution in [2.75, 3.05) is 5.73 Å². The molecule has 3 aromatic rings. The summed E-state index contributed by atoms with van der Waals surface area (Å²) >= 11 is 6.32. The quantitative estimate of drug-likeness (QED) is 0.724. The standard InChI is InChI=1S/C16H14ClN5O2S/c1-9-13(8-21-16(18)22-9)11-6-12(10-2-4-20-5-3-10)15(17)14(7-11)25(19,23)24/h2-8H,1H3,(H2,18,21,22)(H2,19,23,24). The van der Waals surface area contributed by atoms with Crippen LogP contribution in [0.15, 0.2) is 47.8 Å². The molecule has 1 aromatic carbocycles. The molecule has 0 amide bonds. The molecule has 9 heteroatoms. The first-order valence-electron chi connectivity index (χ1n) is 7.13. The fourth-order valence-electron chi connectivity index (χ4n) is 2.47. The summed E-state index contributed by atoms with van der Waals surface area (Å²) in [6.45, 7) is 1.75. The largest absolute Gasteiger partial charge is 0.368 e. The fourth-order valence-corrected chi connectivity index (χ4v) is 3.66. The molecule has 0 fully saturated rings. The van der Waals surface area contributed by atoms with Crippen LogP contribution in [0.4, 0.5) is 5.95 Å². The SMILES string of the molecule is Cc1nc(N)ncc1-c1cc(-c2ccncc2)c(Cl)c(S(N)(=O)=O)c1. The number of hydrogen-bond donors (Lipinski definition) is 2. The molecule has 128 valence electrons. The number of nitrogen functional groups attached to an aromatic ring is 1. The van der Waals surface area contributed by atoms with Gasteiger partial charge in [0.05, 0.1) is 10.7 Å².